The molecule has 0 atom stereocenters. The highest BCUT2D eigenvalue weighted by Crippen LogP contribution is 2.23. The molecule has 2 aromatic carbocycles. The molecule has 3 aromatic rings. The summed E-state index contributed by atoms with van der Waals surface area (Å²) in [6.45, 7) is 1.47. The molecule has 1 aliphatic heterocycles. The summed E-state index contributed by atoms with van der Waals surface area (Å²) in [4.78, 5) is 15.9. The van der Waals surface area contributed by atoms with Crippen LogP contribution in [-0.2, 0) is 16.6 Å². The first-order chi connectivity index (χ1) is 13.9. The molecule has 2 N–H and O–H groups in total. The number of hydrogen-bond donors (Lipinski definition) is 2. The number of nitrogens with one attached hydrogen (secondary N) is 2. The SMILES string of the molecule is O=C(NCc1ccc(S(=O)(=O)N2CCCCC2)cc1)c1c[nH]c2cc(Cl)ccc12. The van der Waals surface area contributed by atoms with Crippen molar-refractivity contribution in [2.45, 2.75) is 30.7 Å². The van der Waals surface area contributed by atoms with Crippen molar-refractivity contribution in [1.82, 2.24) is 14.6 Å². The average molecular weight is 432 g/mol. The first-order valence-corrected chi connectivity index (χ1v) is 11.4. The molecule has 0 radical (unpaired) electrons. The van der Waals surface area contributed by atoms with Crippen molar-refractivity contribution in [3.63, 3.8) is 0 Å². The lowest BCUT2D eigenvalue weighted by molar-refractivity contribution is 0.0952. The number of halogens is 1. The molecule has 6 nitrogen and oxygen atoms in total. The van der Waals surface area contributed by atoms with Crippen LogP contribution in [0.15, 0.2) is 53.6 Å². The number of H-pyrrole nitrogens is 1. The number of nitrogens with zero attached hydrogens (tertiary/aromatic N) is 1. The first-order valence-electron chi connectivity index (χ1n) is 9.59. The minimum absolute atomic E-state index is 0.205. The largest absolute Gasteiger partial charge is 0.360 e. The van der Waals surface area contributed by atoms with E-state index in [1.807, 2.05) is 6.07 Å². The molecule has 0 aliphatic carbocycles. The summed E-state index contributed by atoms with van der Waals surface area (Å²) in [5, 5.41) is 4.28. The van der Waals surface area contributed by atoms with Crippen LogP contribution in [0.4, 0.5) is 0 Å². The number of amides is 1. The molecule has 0 saturated carbocycles. The third kappa shape index (κ3) is 4.17. The van der Waals surface area contributed by atoms with Gasteiger partial charge in [-0.1, -0.05) is 36.2 Å². The van der Waals surface area contributed by atoms with Crippen molar-refractivity contribution in [3.05, 3.63) is 64.8 Å². The second kappa shape index (κ2) is 8.18. The molecule has 1 amide bonds. The van der Waals surface area contributed by atoms with Crippen molar-refractivity contribution in [3.8, 4) is 0 Å². The lowest BCUT2D eigenvalue weighted by atomic mass is 10.1. The second-order valence-corrected chi connectivity index (χ2v) is 9.56. The number of aromatic amines is 1. The number of piperidine rings is 1. The Balaban J connectivity index is 1.43. The highest BCUT2D eigenvalue weighted by atomic mass is 35.5. The molecule has 0 bridgehead atoms. The van der Waals surface area contributed by atoms with Gasteiger partial charge in [-0.25, -0.2) is 8.42 Å². The van der Waals surface area contributed by atoms with Gasteiger partial charge < -0.3 is 10.3 Å². The lowest BCUT2D eigenvalue weighted by Gasteiger charge is -2.25. The second-order valence-electron chi connectivity index (χ2n) is 7.18. The Labute approximate surface area is 174 Å². The van der Waals surface area contributed by atoms with Gasteiger partial charge in [-0.3, -0.25) is 4.79 Å². The highest BCUT2D eigenvalue weighted by molar-refractivity contribution is 7.89. The molecule has 1 aromatic heterocycles. The topological polar surface area (TPSA) is 82.3 Å². The van der Waals surface area contributed by atoms with E-state index < -0.39 is 10.0 Å². The summed E-state index contributed by atoms with van der Waals surface area (Å²) >= 11 is 5.98. The maximum atomic E-state index is 12.7. The fourth-order valence-corrected chi connectivity index (χ4v) is 5.29. The Morgan fingerprint density at radius 1 is 1.07 bits per heavy atom. The van der Waals surface area contributed by atoms with E-state index in [4.69, 9.17) is 11.6 Å². The normalized spacial score (nSPS) is 15.5. The van der Waals surface area contributed by atoms with Gasteiger partial charge in [0.15, 0.2) is 0 Å². The van der Waals surface area contributed by atoms with Crippen LogP contribution in [0.2, 0.25) is 5.02 Å². The number of aromatic nitrogens is 1. The Kier molecular flexibility index (Phi) is 5.63. The van der Waals surface area contributed by atoms with Crippen molar-refractivity contribution >= 4 is 38.4 Å². The van der Waals surface area contributed by atoms with Crippen LogP contribution in [-0.4, -0.2) is 36.7 Å². The average Bonchev–Trinajstić information content (AvgIpc) is 3.16. The fraction of sp³-hybridized carbons (Fsp3) is 0.286. The molecule has 0 spiro atoms. The Hall–Kier alpha value is -2.35. The van der Waals surface area contributed by atoms with Gasteiger partial charge in [0, 0.05) is 41.8 Å². The summed E-state index contributed by atoms with van der Waals surface area (Å²) in [5.41, 5.74) is 2.18. The van der Waals surface area contributed by atoms with E-state index in [1.54, 1.807) is 46.9 Å². The van der Waals surface area contributed by atoms with E-state index in [2.05, 4.69) is 10.3 Å². The summed E-state index contributed by atoms with van der Waals surface area (Å²) in [5.74, 6) is -0.205. The summed E-state index contributed by atoms with van der Waals surface area (Å²) in [7, 11) is -3.44. The van der Waals surface area contributed by atoms with Crippen LogP contribution in [0.3, 0.4) is 0 Å². The first kappa shape index (κ1) is 19.9. The molecule has 2 heterocycles. The van der Waals surface area contributed by atoms with Crippen LogP contribution in [0.1, 0.15) is 35.2 Å². The van der Waals surface area contributed by atoms with Crippen LogP contribution in [0.5, 0.6) is 0 Å². The molecular formula is C21H22ClN3O3S. The number of fused-ring (bicyclic) bond motifs is 1. The molecule has 0 unspecified atom stereocenters. The number of hydrogen-bond acceptors (Lipinski definition) is 3. The van der Waals surface area contributed by atoms with E-state index in [-0.39, 0.29) is 5.91 Å². The highest BCUT2D eigenvalue weighted by Gasteiger charge is 2.25. The van der Waals surface area contributed by atoms with Crippen LogP contribution < -0.4 is 5.32 Å². The molecule has 4 rings (SSSR count). The van der Waals surface area contributed by atoms with Gasteiger partial charge in [0.05, 0.1) is 10.5 Å². The Bertz CT molecular complexity index is 1130. The van der Waals surface area contributed by atoms with Gasteiger partial charge in [-0.05, 0) is 42.7 Å². The van der Waals surface area contributed by atoms with E-state index in [0.29, 0.717) is 35.1 Å². The van der Waals surface area contributed by atoms with Crippen LogP contribution in [0, 0.1) is 0 Å². The standard InChI is InChI=1S/C21H22ClN3O3S/c22-16-6-9-18-19(14-23-20(18)12-16)21(26)24-13-15-4-7-17(8-5-15)29(27,28)25-10-2-1-3-11-25/h4-9,12,14,23H,1-3,10-11,13H2,(H,24,26). The number of carbonyl (C=O) groups excluding carboxylic acids is 1. The van der Waals surface area contributed by atoms with E-state index in [0.717, 1.165) is 35.7 Å². The van der Waals surface area contributed by atoms with Gasteiger partial charge in [0.25, 0.3) is 5.91 Å². The fourth-order valence-electron chi connectivity index (χ4n) is 3.60. The molecule has 8 heteroatoms. The van der Waals surface area contributed by atoms with Crippen LogP contribution in [0.25, 0.3) is 10.9 Å². The molecule has 1 saturated heterocycles. The molecule has 152 valence electrons. The summed E-state index contributed by atoms with van der Waals surface area (Å²) in [6, 6.07) is 12.0. The number of benzene rings is 2. The maximum absolute atomic E-state index is 12.7. The minimum atomic E-state index is -3.44. The Morgan fingerprint density at radius 3 is 2.52 bits per heavy atom. The van der Waals surface area contributed by atoms with Gasteiger partial charge >= 0.3 is 0 Å². The van der Waals surface area contributed by atoms with Gasteiger partial charge in [-0.15, -0.1) is 0 Å². The molecule has 1 fully saturated rings. The zero-order valence-electron chi connectivity index (χ0n) is 15.8. The van der Waals surface area contributed by atoms with Crippen molar-refractivity contribution in [1.29, 1.82) is 0 Å². The third-order valence-corrected chi connectivity index (χ3v) is 7.37. The minimum Gasteiger partial charge on any atom is -0.360 e. The van der Waals surface area contributed by atoms with Gasteiger partial charge in [-0.2, -0.15) is 4.31 Å². The van der Waals surface area contributed by atoms with E-state index >= 15 is 0 Å². The monoisotopic (exact) mass is 431 g/mol. The zero-order valence-corrected chi connectivity index (χ0v) is 17.4. The third-order valence-electron chi connectivity index (χ3n) is 5.22. The quantitative estimate of drug-likeness (QED) is 0.642. The van der Waals surface area contributed by atoms with E-state index in [1.165, 1.54) is 0 Å². The maximum Gasteiger partial charge on any atom is 0.253 e. The summed E-state index contributed by atoms with van der Waals surface area (Å²) in [6.07, 6.45) is 4.55. The van der Waals surface area contributed by atoms with Crippen molar-refractivity contribution in [2.75, 3.05) is 13.1 Å². The lowest BCUT2D eigenvalue weighted by Crippen LogP contribution is -2.35. The van der Waals surface area contributed by atoms with Crippen LogP contribution >= 0.6 is 11.6 Å². The van der Waals surface area contributed by atoms with E-state index in [9.17, 15) is 13.2 Å². The Morgan fingerprint density at radius 2 is 1.79 bits per heavy atom. The molecular weight excluding hydrogens is 410 g/mol. The predicted octanol–water partition coefficient (Wildman–Crippen LogP) is 3.93. The molecule has 29 heavy (non-hydrogen) atoms. The number of carbonyl (C=O) groups is 1. The summed E-state index contributed by atoms with van der Waals surface area (Å²) < 4.78 is 27.0. The van der Waals surface area contributed by atoms with Gasteiger partial charge in [0.1, 0.15) is 0 Å². The zero-order chi connectivity index (χ0) is 20.4. The van der Waals surface area contributed by atoms with Gasteiger partial charge in [0.2, 0.25) is 10.0 Å². The molecule has 1 aliphatic rings. The number of rotatable bonds is 5. The smallest absolute Gasteiger partial charge is 0.253 e. The number of sulfonamides is 1. The van der Waals surface area contributed by atoms with Crippen molar-refractivity contribution < 1.29 is 13.2 Å². The van der Waals surface area contributed by atoms with Crippen molar-refractivity contribution in [2.24, 2.45) is 0 Å². The predicted molar refractivity (Wildman–Crippen MR) is 114 cm³/mol.